The molecule has 0 spiro atoms. The highest BCUT2D eigenvalue weighted by atomic mass is 35.5. The summed E-state index contributed by atoms with van der Waals surface area (Å²) in [5.74, 6) is -0.373. The number of nitrogens with one attached hydrogen (secondary N) is 1. The zero-order valence-electron chi connectivity index (χ0n) is 10.9. The van der Waals surface area contributed by atoms with E-state index in [-0.39, 0.29) is 27.7 Å². The molecule has 8 heteroatoms. The number of ether oxygens (including phenoxy) is 1. The van der Waals surface area contributed by atoms with Crippen LogP contribution in [0.15, 0.2) is 36.7 Å². The van der Waals surface area contributed by atoms with Crippen molar-refractivity contribution in [2.45, 2.75) is 0 Å². The van der Waals surface area contributed by atoms with Gasteiger partial charge in [0.2, 0.25) is 0 Å². The lowest BCUT2D eigenvalue weighted by Gasteiger charge is -2.08. The average Bonchev–Trinajstić information content (AvgIpc) is 2.47. The summed E-state index contributed by atoms with van der Waals surface area (Å²) in [6, 6.07) is 5.57. The Morgan fingerprint density at radius 3 is 2.81 bits per heavy atom. The number of aromatic nitrogens is 1. The van der Waals surface area contributed by atoms with E-state index in [4.69, 9.17) is 16.3 Å². The molecule has 7 nitrogen and oxygen atoms in total. The first-order valence-corrected chi connectivity index (χ1v) is 6.14. The van der Waals surface area contributed by atoms with Crippen LogP contribution in [0.1, 0.15) is 10.4 Å². The van der Waals surface area contributed by atoms with E-state index in [9.17, 15) is 14.9 Å². The largest absolute Gasteiger partial charge is 0.490 e. The Bertz CT molecular complexity index is 706. The zero-order chi connectivity index (χ0) is 15.4. The molecule has 1 amide bonds. The number of methoxy groups -OCH3 is 1. The summed E-state index contributed by atoms with van der Waals surface area (Å²) in [7, 11) is 1.33. The molecule has 108 valence electrons. The number of rotatable bonds is 4. The minimum Gasteiger partial charge on any atom is -0.490 e. The Balaban J connectivity index is 2.28. The molecule has 0 bridgehead atoms. The van der Waals surface area contributed by atoms with Crippen LogP contribution in [0.25, 0.3) is 0 Å². The number of nitrogens with zero attached hydrogens (tertiary/aromatic N) is 2. The van der Waals surface area contributed by atoms with Crippen molar-refractivity contribution in [2.75, 3.05) is 12.4 Å². The number of nitro groups is 1. The van der Waals surface area contributed by atoms with Crippen LogP contribution in [0.5, 0.6) is 5.75 Å². The molecule has 2 rings (SSSR count). The van der Waals surface area contributed by atoms with E-state index in [0.717, 1.165) is 0 Å². The third-order valence-corrected chi connectivity index (χ3v) is 2.95. The van der Waals surface area contributed by atoms with Gasteiger partial charge >= 0.3 is 5.69 Å². The maximum absolute atomic E-state index is 12.0. The standard InChI is InChI=1S/C13H10ClN3O4/c1-21-12-3-2-8(6-11(12)17(19)20)16-13(18)9-4-5-15-7-10(9)14/h2-7H,1H3,(H,16,18). The van der Waals surface area contributed by atoms with Gasteiger partial charge in [-0.3, -0.25) is 19.9 Å². The van der Waals surface area contributed by atoms with Crippen LogP contribution in [0.4, 0.5) is 11.4 Å². The summed E-state index contributed by atoms with van der Waals surface area (Å²) in [6.07, 6.45) is 2.77. The van der Waals surface area contributed by atoms with Gasteiger partial charge in [0.05, 0.1) is 22.6 Å². The molecule has 0 fully saturated rings. The molecule has 1 aromatic heterocycles. The highest BCUT2D eigenvalue weighted by Gasteiger charge is 2.17. The Morgan fingerprint density at radius 1 is 1.43 bits per heavy atom. The molecule has 1 aromatic carbocycles. The van der Waals surface area contributed by atoms with Crippen molar-refractivity contribution in [3.8, 4) is 5.75 Å². The van der Waals surface area contributed by atoms with Gasteiger partial charge in [0.25, 0.3) is 5.91 Å². The molecule has 0 radical (unpaired) electrons. The molecule has 0 atom stereocenters. The number of carbonyl (C=O) groups is 1. The van der Waals surface area contributed by atoms with Crippen LogP contribution in [0, 0.1) is 10.1 Å². The van der Waals surface area contributed by atoms with Gasteiger partial charge in [-0.1, -0.05) is 11.6 Å². The SMILES string of the molecule is COc1ccc(NC(=O)c2ccncc2Cl)cc1[N+](=O)[O-]. The van der Waals surface area contributed by atoms with Crippen molar-refractivity contribution in [3.63, 3.8) is 0 Å². The van der Waals surface area contributed by atoms with Crippen molar-refractivity contribution in [2.24, 2.45) is 0 Å². The van der Waals surface area contributed by atoms with E-state index >= 15 is 0 Å². The lowest BCUT2D eigenvalue weighted by atomic mass is 10.2. The van der Waals surface area contributed by atoms with Gasteiger partial charge in [0.15, 0.2) is 5.75 Å². The molecule has 0 saturated heterocycles. The summed E-state index contributed by atoms with van der Waals surface area (Å²) in [4.78, 5) is 26.2. The highest BCUT2D eigenvalue weighted by molar-refractivity contribution is 6.34. The highest BCUT2D eigenvalue weighted by Crippen LogP contribution is 2.30. The first-order valence-electron chi connectivity index (χ1n) is 5.76. The Morgan fingerprint density at radius 2 is 2.19 bits per heavy atom. The number of nitro benzene ring substituents is 1. The molecular weight excluding hydrogens is 298 g/mol. The van der Waals surface area contributed by atoms with E-state index < -0.39 is 10.8 Å². The molecule has 0 saturated carbocycles. The topological polar surface area (TPSA) is 94.4 Å². The number of carbonyl (C=O) groups excluding carboxylic acids is 1. The fourth-order valence-electron chi connectivity index (χ4n) is 1.67. The minimum atomic E-state index is -0.589. The number of anilines is 1. The molecule has 0 unspecified atom stereocenters. The first kappa shape index (κ1) is 14.7. The third kappa shape index (κ3) is 3.26. The molecule has 1 heterocycles. The Labute approximate surface area is 124 Å². The molecular formula is C13H10ClN3O4. The van der Waals surface area contributed by atoms with Gasteiger partial charge < -0.3 is 10.1 Å². The maximum atomic E-state index is 12.0. The van der Waals surface area contributed by atoms with Gasteiger partial charge in [0, 0.05) is 24.1 Å². The van der Waals surface area contributed by atoms with Gasteiger partial charge in [-0.05, 0) is 18.2 Å². The number of hydrogen-bond acceptors (Lipinski definition) is 5. The van der Waals surface area contributed by atoms with Crippen molar-refractivity contribution in [1.82, 2.24) is 4.98 Å². The van der Waals surface area contributed by atoms with E-state index in [1.807, 2.05) is 0 Å². The lowest BCUT2D eigenvalue weighted by Crippen LogP contribution is -2.12. The third-order valence-electron chi connectivity index (χ3n) is 2.65. The second-order valence-electron chi connectivity index (χ2n) is 3.95. The minimum absolute atomic E-state index is 0.111. The predicted molar refractivity (Wildman–Crippen MR) is 76.8 cm³/mol. The first-order chi connectivity index (χ1) is 10.0. The second-order valence-corrected chi connectivity index (χ2v) is 4.36. The Kier molecular flexibility index (Phi) is 4.34. The van der Waals surface area contributed by atoms with Gasteiger partial charge in [0.1, 0.15) is 0 Å². The van der Waals surface area contributed by atoms with Gasteiger partial charge in [-0.15, -0.1) is 0 Å². The van der Waals surface area contributed by atoms with Gasteiger partial charge in [-0.25, -0.2) is 0 Å². The summed E-state index contributed by atoms with van der Waals surface area (Å²) in [6.45, 7) is 0. The van der Waals surface area contributed by atoms with E-state index in [0.29, 0.717) is 0 Å². The normalized spacial score (nSPS) is 10.0. The van der Waals surface area contributed by atoms with Crippen LogP contribution in [-0.2, 0) is 0 Å². The molecule has 1 N–H and O–H groups in total. The van der Waals surface area contributed by atoms with Crippen LogP contribution >= 0.6 is 11.6 Å². The fraction of sp³-hybridized carbons (Fsp3) is 0.0769. The lowest BCUT2D eigenvalue weighted by molar-refractivity contribution is -0.385. The smallest absolute Gasteiger partial charge is 0.312 e. The monoisotopic (exact) mass is 307 g/mol. The molecule has 0 aliphatic heterocycles. The van der Waals surface area contributed by atoms with E-state index in [1.165, 1.54) is 43.8 Å². The summed E-state index contributed by atoms with van der Waals surface area (Å²) in [5.41, 5.74) is 0.252. The van der Waals surface area contributed by atoms with Crippen molar-refractivity contribution in [1.29, 1.82) is 0 Å². The van der Waals surface area contributed by atoms with Crippen LogP contribution < -0.4 is 10.1 Å². The molecule has 0 aliphatic carbocycles. The Hall–Kier alpha value is -2.67. The molecule has 0 aliphatic rings. The summed E-state index contributed by atoms with van der Waals surface area (Å²) in [5, 5.41) is 13.7. The quantitative estimate of drug-likeness (QED) is 0.692. The van der Waals surface area contributed by atoms with Gasteiger partial charge in [-0.2, -0.15) is 0 Å². The number of benzene rings is 1. The molecule has 2 aromatic rings. The second kappa shape index (κ2) is 6.19. The fourth-order valence-corrected chi connectivity index (χ4v) is 1.87. The van der Waals surface area contributed by atoms with Crippen molar-refractivity contribution in [3.05, 3.63) is 57.4 Å². The van der Waals surface area contributed by atoms with E-state index in [2.05, 4.69) is 10.3 Å². The summed E-state index contributed by atoms with van der Waals surface area (Å²) < 4.78 is 4.89. The average molecular weight is 308 g/mol. The molecule has 21 heavy (non-hydrogen) atoms. The number of hydrogen-bond donors (Lipinski definition) is 1. The predicted octanol–water partition coefficient (Wildman–Crippen LogP) is 2.90. The van der Waals surface area contributed by atoms with Crippen LogP contribution in [0.3, 0.4) is 0 Å². The van der Waals surface area contributed by atoms with E-state index in [1.54, 1.807) is 0 Å². The van der Waals surface area contributed by atoms with Crippen molar-refractivity contribution >= 4 is 28.9 Å². The van der Waals surface area contributed by atoms with Crippen LogP contribution in [0.2, 0.25) is 5.02 Å². The number of pyridine rings is 1. The maximum Gasteiger partial charge on any atom is 0.312 e. The summed E-state index contributed by atoms with van der Waals surface area (Å²) >= 11 is 5.86. The number of halogens is 1. The number of amides is 1. The zero-order valence-corrected chi connectivity index (χ0v) is 11.6. The van der Waals surface area contributed by atoms with Crippen molar-refractivity contribution < 1.29 is 14.5 Å². The van der Waals surface area contributed by atoms with Crippen LogP contribution in [-0.4, -0.2) is 22.9 Å².